The average molecular weight is 342 g/mol. The first-order valence-electron chi connectivity index (χ1n) is 6.69. The Morgan fingerprint density at radius 1 is 1.36 bits per heavy atom. The zero-order valence-electron chi connectivity index (χ0n) is 12.5. The molecule has 0 radical (unpaired) electrons. The van der Waals surface area contributed by atoms with Gasteiger partial charge in [0, 0.05) is 10.7 Å². The SMILES string of the molecule is Cc1cc(C(=O)NC(C)(C)CO)nn1-c1ccc(Cl)cc1Cl. The van der Waals surface area contributed by atoms with E-state index in [0.717, 1.165) is 5.69 Å². The van der Waals surface area contributed by atoms with Gasteiger partial charge in [-0.3, -0.25) is 4.79 Å². The second kappa shape index (κ2) is 6.28. The Kier molecular flexibility index (Phi) is 4.80. The summed E-state index contributed by atoms with van der Waals surface area (Å²) in [6.07, 6.45) is 0. The van der Waals surface area contributed by atoms with Crippen LogP contribution in [0.25, 0.3) is 5.69 Å². The van der Waals surface area contributed by atoms with Crippen LogP contribution in [0.2, 0.25) is 10.0 Å². The molecule has 22 heavy (non-hydrogen) atoms. The monoisotopic (exact) mass is 341 g/mol. The minimum absolute atomic E-state index is 0.165. The van der Waals surface area contributed by atoms with Crippen molar-refractivity contribution in [2.75, 3.05) is 6.61 Å². The van der Waals surface area contributed by atoms with Gasteiger partial charge in [-0.1, -0.05) is 23.2 Å². The van der Waals surface area contributed by atoms with Crippen LogP contribution in [0.5, 0.6) is 0 Å². The van der Waals surface area contributed by atoms with Crippen LogP contribution in [0.3, 0.4) is 0 Å². The van der Waals surface area contributed by atoms with Gasteiger partial charge in [-0.2, -0.15) is 5.10 Å². The zero-order valence-corrected chi connectivity index (χ0v) is 14.0. The summed E-state index contributed by atoms with van der Waals surface area (Å²) < 4.78 is 1.58. The van der Waals surface area contributed by atoms with E-state index in [-0.39, 0.29) is 18.2 Å². The summed E-state index contributed by atoms with van der Waals surface area (Å²) in [7, 11) is 0. The third-order valence-corrected chi connectivity index (χ3v) is 3.64. The van der Waals surface area contributed by atoms with Crippen molar-refractivity contribution in [2.24, 2.45) is 0 Å². The molecule has 7 heteroatoms. The van der Waals surface area contributed by atoms with Crippen LogP contribution >= 0.6 is 23.2 Å². The van der Waals surface area contributed by atoms with Crippen molar-refractivity contribution in [1.82, 2.24) is 15.1 Å². The first kappa shape index (κ1) is 16.8. The fourth-order valence-electron chi connectivity index (χ4n) is 1.89. The second-order valence-corrected chi connectivity index (χ2v) is 6.52. The largest absolute Gasteiger partial charge is 0.394 e. The van der Waals surface area contributed by atoms with Crippen molar-refractivity contribution in [1.29, 1.82) is 0 Å². The van der Waals surface area contributed by atoms with Crippen LogP contribution < -0.4 is 5.32 Å². The molecular formula is C15H17Cl2N3O2. The molecule has 0 atom stereocenters. The molecule has 1 aromatic heterocycles. The molecule has 0 spiro atoms. The quantitative estimate of drug-likeness (QED) is 0.898. The molecule has 0 bridgehead atoms. The normalized spacial score (nSPS) is 11.5. The number of nitrogens with zero attached hydrogens (tertiary/aromatic N) is 2. The third kappa shape index (κ3) is 3.61. The summed E-state index contributed by atoms with van der Waals surface area (Å²) in [5, 5.41) is 17.2. The average Bonchev–Trinajstić information content (AvgIpc) is 2.80. The van der Waals surface area contributed by atoms with Gasteiger partial charge in [-0.25, -0.2) is 4.68 Å². The first-order valence-corrected chi connectivity index (χ1v) is 7.44. The fraction of sp³-hybridized carbons (Fsp3) is 0.333. The second-order valence-electron chi connectivity index (χ2n) is 5.67. The number of aliphatic hydroxyl groups is 1. The van der Waals surface area contributed by atoms with Crippen LogP contribution in [0.1, 0.15) is 30.0 Å². The topological polar surface area (TPSA) is 67.2 Å². The number of carbonyl (C=O) groups excluding carboxylic acids is 1. The van der Waals surface area contributed by atoms with Gasteiger partial charge >= 0.3 is 0 Å². The molecule has 1 amide bonds. The Balaban J connectivity index is 2.34. The maximum absolute atomic E-state index is 12.2. The van der Waals surface area contributed by atoms with Gasteiger partial charge in [-0.05, 0) is 45.0 Å². The summed E-state index contributed by atoms with van der Waals surface area (Å²) in [6, 6.07) is 6.73. The fourth-order valence-corrected chi connectivity index (χ4v) is 2.38. The number of hydrogen-bond donors (Lipinski definition) is 2. The van der Waals surface area contributed by atoms with Gasteiger partial charge in [0.05, 0.1) is 22.9 Å². The number of halogens is 2. The number of nitrogens with one attached hydrogen (secondary N) is 1. The lowest BCUT2D eigenvalue weighted by atomic mass is 10.1. The number of aryl methyl sites for hydroxylation is 1. The Bertz CT molecular complexity index is 711. The lowest BCUT2D eigenvalue weighted by molar-refractivity contribution is 0.0864. The smallest absolute Gasteiger partial charge is 0.272 e. The predicted molar refractivity (Wildman–Crippen MR) is 87.0 cm³/mol. The van der Waals surface area contributed by atoms with Crippen molar-refractivity contribution in [3.8, 4) is 5.69 Å². The van der Waals surface area contributed by atoms with Crippen LogP contribution in [0.15, 0.2) is 24.3 Å². The Morgan fingerprint density at radius 3 is 2.64 bits per heavy atom. The number of aromatic nitrogens is 2. The van der Waals surface area contributed by atoms with Crippen LogP contribution in [0.4, 0.5) is 0 Å². The lowest BCUT2D eigenvalue weighted by Crippen LogP contribution is -2.46. The number of aliphatic hydroxyl groups excluding tert-OH is 1. The lowest BCUT2D eigenvalue weighted by Gasteiger charge is -2.22. The third-order valence-electron chi connectivity index (χ3n) is 3.11. The molecule has 0 aliphatic carbocycles. The number of hydrogen-bond acceptors (Lipinski definition) is 3. The Morgan fingerprint density at radius 2 is 2.05 bits per heavy atom. The van der Waals surface area contributed by atoms with Crippen molar-refractivity contribution >= 4 is 29.1 Å². The van der Waals surface area contributed by atoms with Gasteiger partial charge in [0.25, 0.3) is 5.91 Å². The minimum atomic E-state index is -0.716. The minimum Gasteiger partial charge on any atom is -0.394 e. The molecular weight excluding hydrogens is 325 g/mol. The maximum Gasteiger partial charge on any atom is 0.272 e. The molecule has 2 aromatic rings. The molecule has 0 saturated heterocycles. The van der Waals surface area contributed by atoms with E-state index in [2.05, 4.69) is 10.4 Å². The molecule has 0 aliphatic heterocycles. The molecule has 1 heterocycles. The predicted octanol–water partition coefficient (Wildman–Crippen LogP) is 2.99. The standard InChI is InChI=1S/C15H17Cl2N3O2/c1-9-6-12(14(22)18-15(2,3)8-21)19-20(9)13-5-4-10(16)7-11(13)17/h4-7,21H,8H2,1-3H3,(H,18,22). The van der Waals surface area contributed by atoms with Gasteiger partial charge < -0.3 is 10.4 Å². The summed E-state index contributed by atoms with van der Waals surface area (Å²) in [4.78, 5) is 12.2. The first-order chi connectivity index (χ1) is 10.2. The van der Waals surface area contributed by atoms with E-state index in [9.17, 15) is 9.90 Å². The highest BCUT2D eigenvalue weighted by Gasteiger charge is 2.22. The molecule has 1 aromatic carbocycles. The number of amides is 1. The highest BCUT2D eigenvalue weighted by molar-refractivity contribution is 6.35. The number of rotatable bonds is 4. The molecule has 118 valence electrons. The maximum atomic E-state index is 12.2. The summed E-state index contributed by atoms with van der Waals surface area (Å²) >= 11 is 12.1. The van der Waals surface area contributed by atoms with E-state index in [1.165, 1.54) is 0 Å². The summed E-state index contributed by atoms with van der Waals surface area (Å²) in [5.74, 6) is -0.356. The highest BCUT2D eigenvalue weighted by Crippen LogP contribution is 2.25. The molecule has 0 unspecified atom stereocenters. The summed E-state index contributed by atoms with van der Waals surface area (Å²) in [6.45, 7) is 5.11. The van der Waals surface area contributed by atoms with Gasteiger partial charge in [-0.15, -0.1) is 0 Å². The molecule has 5 nitrogen and oxygen atoms in total. The number of carbonyl (C=O) groups is 1. The Labute approximate surface area is 138 Å². The molecule has 2 N–H and O–H groups in total. The van der Waals surface area contributed by atoms with E-state index < -0.39 is 5.54 Å². The molecule has 0 aliphatic rings. The highest BCUT2D eigenvalue weighted by atomic mass is 35.5. The van der Waals surface area contributed by atoms with Crippen molar-refractivity contribution < 1.29 is 9.90 Å². The van der Waals surface area contributed by atoms with Crippen LogP contribution in [-0.2, 0) is 0 Å². The van der Waals surface area contributed by atoms with E-state index in [1.807, 2.05) is 6.92 Å². The molecule has 2 rings (SSSR count). The van der Waals surface area contributed by atoms with E-state index in [4.69, 9.17) is 23.2 Å². The van der Waals surface area contributed by atoms with Gasteiger partial charge in [0.15, 0.2) is 5.69 Å². The zero-order chi connectivity index (χ0) is 16.5. The summed E-state index contributed by atoms with van der Waals surface area (Å²) in [5.41, 5.74) is 0.942. The van der Waals surface area contributed by atoms with Gasteiger partial charge in [0.2, 0.25) is 0 Å². The Hall–Kier alpha value is -1.56. The van der Waals surface area contributed by atoms with E-state index in [0.29, 0.717) is 15.7 Å². The molecule has 0 fully saturated rings. The van der Waals surface area contributed by atoms with E-state index >= 15 is 0 Å². The number of benzene rings is 1. The van der Waals surface area contributed by atoms with Crippen LogP contribution in [0, 0.1) is 6.92 Å². The van der Waals surface area contributed by atoms with Crippen molar-refractivity contribution in [3.05, 3.63) is 45.7 Å². The van der Waals surface area contributed by atoms with Crippen LogP contribution in [-0.4, -0.2) is 32.9 Å². The van der Waals surface area contributed by atoms with Crippen molar-refractivity contribution in [2.45, 2.75) is 26.3 Å². The molecule has 0 saturated carbocycles. The van der Waals surface area contributed by atoms with Gasteiger partial charge in [0.1, 0.15) is 0 Å². The van der Waals surface area contributed by atoms with Crippen molar-refractivity contribution in [3.63, 3.8) is 0 Å². The van der Waals surface area contributed by atoms with E-state index in [1.54, 1.807) is 42.8 Å².